The van der Waals surface area contributed by atoms with Gasteiger partial charge in [0, 0.05) is 36.5 Å². The molecule has 3 heterocycles. The van der Waals surface area contributed by atoms with Crippen LogP contribution in [0.4, 0.5) is 0 Å². The Bertz CT molecular complexity index is 1400. The van der Waals surface area contributed by atoms with Gasteiger partial charge in [-0.25, -0.2) is 0 Å². The quantitative estimate of drug-likeness (QED) is 0.0878. The summed E-state index contributed by atoms with van der Waals surface area (Å²) in [7, 11) is 0. The fourth-order valence-corrected chi connectivity index (χ4v) is 9.38. The molecular weight excluding hydrogens is 702 g/mol. The number of amides is 3. The molecule has 276 valence electrons. The average molecular weight is 759 g/mol. The summed E-state index contributed by atoms with van der Waals surface area (Å²) in [4.78, 5) is 59.6. The third kappa shape index (κ3) is 8.53. The van der Waals surface area contributed by atoms with Gasteiger partial charge >= 0.3 is 5.97 Å². The number of fused-ring (bicyclic) bond motifs is 1. The van der Waals surface area contributed by atoms with Crippen LogP contribution in [-0.4, -0.2) is 93.0 Å². The summed E-state index contributed by atoms with van der Waals surface area (Å²) in [5.74, 6) is -3.19. The van der Waals surface area contributed by atoms with Gasteiger partial charge in [-0.05, 0) is 63.4 Å². The number of rotatable bonds is 18. The molecule has 0 aliphatic carbocycles. The van der Waals surface area contributed by atoms with Crippen LogP contribution in [0.25, 0.3) is 0 Å². The Morgan fingerprint density at radius 3 is 2.46 bits per heavy atom. The summed E-state index contributed by atoms with van der Waals surface area (Å²) < 4.78 is 12.9. The highest BCUT2D eigenvalue weighted by Gasteiger charge is 2.77. The van der Waals surface area contributed by atoms with Crippen molar-refractivity contribution in [1.29, 1.82) is 0 Å². The van der Waals surface area contributed by atoms with Crippen LogP contribution in [0.2, 0.25) is 0 Å². The lowest BCUT2D eigenvalue weighted by Crippen LogP contribution is -2.61. The number of hydrogen-bond acceptors (Lipinski definition) is 7. The molecular formula is C39H56BrN3O7. The molecule has 0 aromatic heterocycles. The van der Waals surface area contributed by atoms with E-state index in [0.29, 0.717) is 50.6 Å². The Labute approximate surface area is 306 Å². The summed E-state index contributed by atoms with van der Waals surface area (Å²) in [5, 5.41) is 12.3. The van der Waals surface area contributed by atoms with Crippen LogP contribution >= 0.6 is 15.9 Å². The van der Waals surface area contributed by atoms with E-state index in [1.54, 1.807) is 17.1 Å². The monoisotopic (exact) mass is 757 g/mol. The third-order valence-corrected chi connectivity index (χ3v) is 11.0. The van der Waals surface area contributed by atoms with E-state index < -0.39 is 47.2 Å². The standard InChI is InChI=1S/C39H56BrN3O7/c1-8-10-19-29(45)41-24-28(26-17-13-11-14-18-26)49-36(48)30-31-34(46)42(21-15-12-16-22-44)33(39(31)23-27(40)32(30)50-39)35(47)43(20-9-2)38(6,7)25-37(3,4)5/h8-9,11,13-14,17-18,27-28,30-33,44H,1-2,10,12,15-16,19-25H2,3-7H3,(H,41,45)/t27?,28-,30-,31+,32-,33-,39+/m0/s1. The minimum Gasteiger partial charge on any atom is -0.455 e. The van der Waals surface area contributed by atoms with Crippen LogP contribution in [0.3, 0.4) is 0 Å². The Balaban J connectivity index is 1.70. The van der Waals surface area contributed by atoms with Crippen molar-refractivity contribution in [3.63, 3.8) is 0 Å². The van der Waals surface area contributed by atoms with Gasteiger partial charge in [0.2, 0.25) is 17.7 Å². The number of alkyl halides is 1. The van der Waals surface area contributed by atoms with Gasteiger partial charge in [0.25, 0.3) is 0 Å². The number of carbonyl (C=O) groups excluding carboxylic acids is 4. The number of aliphatic hydroxyl groups excluding tert-OH is 1. The highest BCUT2D eigenvalue weighted by Crippen LogP contribution is 2.60. The molecule has 1 unspecified atom stereocenters. The SMILES string of the molecule is C=CCCC(=O)NC[C@H](OC(=O)[C@@H]1[C@H]2O[C@@]3(CC2Br)[C@H](C(=O)N(CC=C)C(C)(C)CC(C)(C)C)N(CCCCCO)C(=O)[C@@H]13)c1ccccc1. The predicted octanol–water partition coefficient (Wildman–Crippen LogP) is 5.49. The Morgan fingerprint density at radius 1 is 1.14 bits per heavy atom. The zero-order valence-electron chi connectivity index (χ0n) is 30.4. The van der Waals surface area contributed by atoms with Crippen LogP contribution in [0.15, 0.2) is 55.6 Å². The Kier molecular flexibility index (Phi) is 13.2. The molecule has 2 bridgehead atoms. The Hall–Kier alpha value is -3.02. The number of carbonyl (C=O) groups is 4. The van der Waals surface area contributed by atoms with E-state index in [1.165, 1.54) is 0 Å². The van der Waals surface area contributed by atoms with Crippen molar-refractivity contribution in [2.45, 2.75) is 114 Å². The largest absolute Gasteiger partial charge is 0.455 e. The number of halogens is 1. The molecule has 50 heavy (non-hydrogen) atoms. The van der Waals surface area contributed by atoms with Crippen LogP contribution in [0.5, 0.6) is 0 Å². The van der Waals surface area contributed by atoms with Crippen LogP contribution in [0.1, 0.15) is 91.2 Å². The number of ether oxygens (including phenoxy) is 2. The number of hydrogen-bond donors (Lipinski definition) is 2. The van der Waals surface area contributed by atoms with Gasteiger partial charge in [-0.1, -0.05) is 79.2 Å². The van der Waals surface area contributed by atoms with Gasteiger partial charge in [-0.3, -0.25) is 19.2 Å². The number of benzene rings is 1. The third-order valence-electron chi connectivity index (χ3n) is 10.1. The van der Waals surface area contributed by atoms with Crippen LogP contribution < -0.4 is 5.32 Å². The molecule has 10 nitrogen and oxygen atoms in total. The lowest BCUT2D eigenvalue weighted by atomic mass is 9.70. The second-order valence-electron chi connectivity index (χ2n) is 15.7. The van der Waals surface area contributed by atoms with Crippen molar-refractivity contribution >= 4 is 39.6 Å². The molecule has 3 fully saturated rings. The Morgan fingerprint density at radius 2 is 1.84 bits per heavy atom. The highest BCUT2D eigenvalue weighted by molar-refractivity contribution is 9.09. The number of unbranched alkanes of at least 4 members (excludes halogenated alkanes) is 2. The van der Waals surface area contributed by atoms with E-state index in [-0.39, 0.29) is 54.1 Å². The average Bonchev–Trinajstić information content (AvgIpc) is 3.64. The molecule has 3 saturated heterocycles. The molecule has 3 aliphatic rings. The second kappa shape index (κ2) is 16.5. The fourth-order valence-electron chi connectivity index (χ4n) is 8.44. The first-order valence-corrected chi connectivity index (χ1v) is 18.8. The number of nitrogens with zero attached hydrogens (tertiary/aromatic N) is 2. The van der Waals surface area contributed by atoms with Gasteiger partial charge in [0.1, 0.15) is 17.7 Å². The van der Waals surface area contributed by atoms with Gasteiger partial charge in [-0.15, -0.1) is 13.2 Å². The van der Waals surface area contributed by atoms with Crippen molar-refractivity contribution in [1.82, 2.24) is 15.1 Å². The maximum atomic E-state index is 15.0. The molecule has 2 N–H and O–H groups in total. The van der Waals surface area contributed by atoms with E-state index in [4.69, 9.17) is 9.47 Å². The topological polar surface area (TPSA) is 125 Å². The minimum absolute atomic E-state index is 0.0399. The highest BCUT2D eigenvalue weighted by atomic mass is 79.9. The van der Waals surface area contributed by atoms with Crippen LogP contribution in [0, 0.1) is 17.3 Å². The number of allylic oxidation sites excluding steroid dienone is 1. The van der Waals surface area contributed by atoms with Crippen molar-refractivity contribution in [3.05, 3.63) is 61.2 Å². The lowest BCUT2D eigenvalue weighted by molar-refractivity contribution is -0.160. The minimum atomic E-state index is -1.24. The number of aliphatic hydroxyl groups is 1. The first kappa shape index (κ1) is 39.8. The number of esters is 1. The molecule has 7 atom stereocenters. The maximum absolute atomic E-state index is 15.0. The fraction of sp³-hybridized carbons (Fsp3) is 0.641. The van der Waals surface area contributed by atoms with Crippen molar-refractivity contribution in [3.8, 4) is 0 Å². The number of nitrogens with one attached hydrogen (secondary N) is 1. The maximum Gasteiger partial charge on any atom is 0.313 e. The second-order valence-corrected chi connectivity index (χ2v) is 16.9. The number of likely N-dealkylation sites (tertiary alicyclic amines) is 1. The van der Waals surface area contributed by atoms with Crippen molar-refractivity contribution in [2.75, 3.05) is 26.2 Å². The van der Waals surface area contributed by atoms with E-state index in [9.17, 15) is 24.3 Å². The van der Waals surface area contributed by atoms with Crippen molar-refractivity contribution < 1.29 is 33.8 Å². The summed E-state index contributed by atoms with van der Waals surface area (Å²) >= 11 is 3.76. The van der Waals surface area contributed by atoms with E-state index in [2.05, 4.69) is 55.2 Å². The smallest absolute Gasteiger partial charge is 0.313 e. The normalized spacial score (nSPS) is 26.3. The van der Waals surface area contributed by atoms with E-state index >= 15 is 0 Å². The molecule has 3 aliphatic heterocycles. The molecule has 1 spiro atoms. The first-order valence-electron chi connectivity index (χ1n) is 17.9. The molecule has 1 aromatic rings. The molecule has 0 saturated carbocycles. The van der Waals surface area contributed by atoms with Crippen LogP contribution in [-0.2, 0) is 28.7 Å². The van der Waals surface area contributed by atoms with Gasteiger partial charge in [-0.2, -0.15) is 0 Å². The van der Waals surface area contributed by atoms with Gasteiger partial charge in [0.15, 0.2) is 0 Å². The zero-order chi connectivity index (χ0) is 36.9. The lowest BCUT2D eigenvalue weighted by Gasteiger charge is -2.45. The first-order chi connectivity index (χ1) is 23.6. The molecule has 1 aromatic carbocycles. The predicted molar refractivity (Wildman–Crippen MR) is 196 cm³/mol. The molecule has 4 rings (SSSR count). The summed E-state index contributed by atoms with van der Waals surface area (Å²) in [6.45, 7) is 18.8. The van der Waals surface area contributed by atoms with E-state index in [0.717, 1.165) is 0 Å². The summed E-state index contributed by atoms with van der Waals surface area (Å²) in [6, 6.07) is 8.23. The molecule has 0 radical (unpaired) electrons. The van der Waals surface area contributed by atoms with Gasteiger partial charge < -0.3 is 29.7 Å². The van der Waals surface area contributed by atoms with Crippen molar-refractivity contribution in [2.24, 2.45) is 17.3 Å². The van der Waals surface area contributed by atoms with Gasteiger partial charge in [0.05, 0.1) is 24.5 Å². The summed E-state index contributed by atoms with van der Waals surface area (Å²) in [6.07, 6.45) is 5.62. The zero-order valence-corrected chi connectivity index (χ0v) is 32.0. The molecule has 11 heteroatoms. The summed E-state index contributed by atoms with van der Waals surface area (Å²) in [5.41, 5.74) is -1.20. The molecule has 3 amide bonds. The van der Waals surface area contributed by atoms with E-state index in [1.807, 2.05) is 49.1 Å².